The van der Waals surface area contributed by atoms with Crippen molar-refractivity contribution in [3.63, 3.8) is 0 Å². The molecule has 2 amide bonds. The van der Waals surface area contributed by atoms with Crippen molar-refractivity contribution >= 4 is 29.6 Å². The third-order valence-electron chi connectivity index (χ3n) is 5.02. The van der Waals surface area contributed by atoms with Gasteiger partial charge in [0.15, 0.2) is 0 Å². The summed E-state index contributed by atoms with van der Waals surface area (Å²) in [4.78, 5) is 26.0. The molecule has 7 heteroatoms. The van der Waals surface area contributed by atoms with Crippen molar-refractivity contribution in [2.24, 2.45) is 5.10 Å². The van der Waals surface area contributed by atoms with Crippen molar-refractivity contribution in [2.75, 3.05) is 13.1 Å². The number of likely N-dealkylation sites (tertiary alicyclic amines) is 1. The van der Waals surface area contributed by atoms with E-state index in [0.29, 0.717) is 18.1 Å². The molecule has 6 nitrogen and oxygen atoms in total. The van der Waals surface area contributed by atoms with Gasteiger partial charge < -0.3 is 9.47 Å². The predicted molar refractivity (Wildman–Crippen MR) is 111 cm³/mol. The fraction of sp³-hybridized carbons (Fsp3) is 0.381. The largest absolute Gasteiger partial charge is 0.334 e. The zero-order valence-corrected chi connectivity index (χ0v) is 17.0. The van der Waals surface area contributed by atoms with Gasteiger partial charge in [-0.25, -0.2) is 5.43 Å². The quantitative estimate of drug-likeness (QED) is 0.486. The van der Waals surface area contributed by atoms with Crippen LogP contribution in [0.1, 0.15) is 42.6 Å². The van der Waals surface area contributed by atoms with Crippen LogP contribution in [0.25, 0.3) is 5.69 Å². The van der Waals surface area contributed by atoms with Crippen LogP contribution in [0.4, 0.5) is 0 Å². The second-order valence-electron chi connectivity index (χ2n) is 7.02. The number of carbonyl (C=O) groups is 2. The topological polar surface area (TPSA) is 66.7 Å². The molecule has 0 unspecified atom stereocenters. The van der Waals surface area contributed by atoms with Crippen LogP contribution >= 0.6 is 11.6 Å². The second-order valence-corrected chi connectivity index (χ2v) is 7.43. The summed E-state index contributed by atoms with van der Waals surface area (Å²) in [7, 11) is 0. The van der Waals surface area contributed by atoms with Gasteiger partial charge in [0.2, 0.25) is 0 Å². The highest BCUT2D eigenvalue weighted by molar-refractivity contribution is 6.35. The number of nitrogens with one attached hydrogen (secondary N) is 1. The molecule has 0 saturated carbocycles. The number of hydrazone groups is 1. The minimum Gasteiger partial charge on any atom is -0.334 e. The highest BCUT2D eigenvalue weighted by Crippen LogP contribution is 2.25. The second kappa shape index (κ2) is 9.06. The van der Waals surface area contributed by atoms with Crippen molar-refractivity contribution < 1.29 is 9.59 Å². The van der Waals surface area contributed by atoms with Gasteiger partial charge in [0, 0.05) is 30.0 Å². The molecule has 0 spiro atoms. The maximum Gasteiger partial charge on any atom is 0.329 e. The van der Waals surface area contributed by atoms with E-state index >= 15 is 0 Å². The van der Waals surface area contributed by atoms with Crippen molar-refractivity contribution in [3.8, 4) is 5.69 Å². The van der Waals surface area contributed by atoms with E-state index in [0.717, 1.165) is 48.3 Å². The van der Waals surface area contributed by atoms with Crippen LogP contribution in [0.3, 0.4) is 0 Å². The average molecular weight is 401 g/mol. The van der Waals surface area contributed by atoms with Crippen LogP contribution in [0.15, 0.2) is 35.4 Å². The van der Waals surface area contributed by atoms with Gasteiger partial charge in [0.25, 0.3) is 0 Å². The van der Waals surface area contributed by atoms with Gasteiger partial charge in [-0.2, -0.15) is 5.10 Å². The Morgan fingerprint density at radius 2 is 1.79 bits per heavy atom. The molecule has 1 aromatic heterocycles. The molecule has 1 N–H and O–H groups in total. The van der Waals surface area contributed by atoms with Crippen LogP contribution in [-0.2, 0) is 9.59 Å². The first-order valence-corrected chi connectivity index (χ1v) is 9.93. The number of para-hydroxylation sites is 1. The third-order valence-corrected chi connectivity index (χ3v) is 5.34. The Bertz CT molecular complexity index is 896. The maximum atomic E-state index is 12.3. The normalized spacial score (nSPS) is 14.9. The molecule has 148 valence electrons. The molecular weight excluding hydrogens is 376 g/mol. The van der Waals surface area contributed by atoms with Gasteiger partial charge >= 0.3 is 11.8 Å². The first-order valence-electron chi connectivity index (χ1n) is 9.55. The monoisotopic (exact) mass is 400 g/mol. The van der Waals surface area contributed by atoms with Gasteiger partial charge in [0.1, 0.15) is 0 Å². The Balaban J connectivity index is 1.69. The fourth-order valence-corrected chi connectivity index (χ4v) is 3.77. The van der Waals surface area contributed by atoms with Gasteiger partial charge in [-0.15, -0.1) is 0 Å². The molecule has 1 saturated heterocycles. The number of nitrogens with zero attached hydrogens (tertiary/aromatic N) is 3. The van der Waals surface area contributed by atoms with Crippen LogP contribution in [0.2, 0.25) is 5.02 Å². The smallest absolute Gasteiger partial charge is 0.329 e. The van der Waals surface area contributed by atoms with E-state index in [9.17, 15) is 9.59 Å². The minimum absolute atomic E-state index is 0.513. The van der Waals surface area contributed by atoms with Crippen LogP contribution in [0.5, 0.6) is 0 Å². The van der Waals surface area contributed by atoms with Crippen LogP contribution < -0.4 is 5.43 Å². The van der Waals surface area contributed by atoms with Gasteiger partial charge in [-0.1, -0.05) is 36.6 Å². The summed E-state index contributed by atoms with van der Waals surface area (Å²) in [6.07, 6.45) is 5.64. The van der Waals surface area contributed by atoms with E-state index < -0.39 is 11.8 Å². The van der Waals surface area contributed by atoms with E-state index in [-0.39, 0.29) is 0 Å². The standard InChI is InChI=1S/C21H25ClN4O2/c1-15-13-17(16(2)26(15)19-10-6-5-9-18(19)22)14-23-24-20(27)21(28)25-11-7-3-4-8-12-25/h5-6,9-10,13-14H,3-4,7-8,11-12H2,1-2H3,(H,24,27)/b23-14-. The molecule has 0 aliphatic carbocycles. The molecule has 0 radical (unpaired) electrons. The van der Waals surface area contributed by atoms with Crippen molar-refractivity contribution in [1.82, 2.24) is 14.9 Å². The number of aryl methyl sites for hydroxylation is 1. The van der Waals surface area contributed by atoms with Gasteiger partial charge in [-0.3, -0.25) is 9.59 Å². The lowest BCUT2D eigenvalue weighted by atomic mass is 10.2. The summed E-state index contributed by atoms with van der Waals surface area (Å²) >= 11 is 6.32. The van der Waals surface area contributed by atoms with Gasteiger partial charge in [0.05, 0.1) is 16.9 Å². The highest BCUT2D eigenvalue weighted by Gasteiger charge is 2.22. The molecule has 0 atom stereocenters. The predicted octanol–water partition coefficient (Wildman–Crippen LogP) is 3.60. The number of hydrogen-bond donors (Lipinski definition) is 1. The minimum atomic E-state index is -0.696. The lowest BCUT2D eigenvalue weighted by molar-refractivity contribution is -0.145. The number of benzene rings is 1. The Labute approximate surface area is 170 Å². The zero-order chi connectivity index (χ0) is 20.1. The molecule has 1 aliphatic rings. The number of aromatic nitrogens is 1. The number of carbonyl (C=O) groups excluding carboxylic acids is 2. The summed E-state index contributed by atoms with van der Waals surface area (Å²) < 4.78 is 2.04. The number of rotatable bonds is 3. The lowest BCUT2D eigenvalue weighted by Gasteiger charge is -2.18. The first kappa shape index (κ1) is 20.1. The van der Waals surface area contributed by atoms with E-state index in [1.807, 2.05) is 48.7 Å². The Morgan fingerprint density at radius 1 is 1.11 bits per heavy atom. The highest BCUT2D eigenvalue weighted by atomic mass is 35.5. The molecular formula is C21H25ClN4O2. The molecule has 2 aromatic rings. The number of amides is 2. The summed E-state index contributed by atoms with van der Waals surface area (Å²) in [5.74, 6) is -1.21. The first-order chi connectivity index (χ1) is 13.5. The van der Waals surface area contributed by atoms with Crippen LogP contribution in [0, 0.1) is 13.8 Å². The van der Waals surface area contributed by atoms with E-state index in [2.05, 4.69) is 10.5 Å². The number of hydrogen-bond acceptors (Lipinski definition) is 3. The summed E-state index contributed by atoms with van der Waals surface area (Å²) in [6.45, 7) is 5.21. The molecule has 1 fully saturated rings. The Kier molecular flexibility index (Phi) is 6.52. The average Bonchev–Trinajstić information content (AvgIpc) is 2.86. The molecule has 28 heavy (non-hydrogen) atoms. The van der Waals surface area contributed by atoms with Crippen molar-refractivity contribution in [1.29, 1.82) is 0 Å². The Hall–Kier alpha value is -2.60. The fourth-order valence-electron chi connectivity index (χ4n) is 3.55. The summed E-state index contributed by atoms with van der Waals surface area (Å²) in [5.41, 5.74) is 6.04. The SMILES string of the molecule is Cc1cc(/C=N\NC(=O)C(=O)N2CCCCCC2)c(C)n1-c1ccccc1Cl. The lowest BCUT2D eigenvalue weighted by Crippen LogP contribution is -2.41. The molecule has 1 aromatic carbocycles. The Morgan fingerprint density at radius 3 is 2.46 bits per heavy atom. The van der Waals surface area contributed by atoms with E-state index in [4.69, 9.17) is 11.6 Å². The van der Waals surface area contributed by atoms with Crippen molar-refractivity contribution in [2.45, 2.75) is 39.5 Å². The number of halogens is 1. The molecule has 3 rings (SSSR count). The zero-order valence-electron chi connectivity index (χ0n) is 16.2. The molecule has 0 bridgehead atoms. The third kappa shape index (κ3) is 4.44. The maximum absolute atomic E-state index is 12.3. The molecule has 1 aliphatic heterocycles. The van der Waals surface area contributed by atoms with Crippen LogP contribution in [-0.4, -0.2) is 40.6 Å². The molecule has 2 heterocycles. The van der Waals surface area contributed by atoms with E-state index in [1.165, 1.54) is 0 Å². The van der Waals surface area contributed by atoms with E-state index in [1.54, 1.807) is 11.1 Å². The summed E-state index contributed by atoms with van der Waals surface area (Å²) in [6, 6.07) is 9.58. The summed E-state index contributed by atoms with van der Waals surface area (Å²) in [5, 5.41) is 4.65. The van der Waals surface area contributed by atoms with Crippen molar-refractivity contribution in [3.05, 3.63) is 52.3 Å². The van der Waals surface area contributed by atoms with Gasteiger partial charge in [-0.05, 0) is 44.9 Å².